The number of aliphatic hydroxyl groups is 1. The summed E-state index contributed by atoms with van der Waals surface area (Å²) in [7, 11) is -1.98. The molecule has 0 aliphatic carbocycles. The first kappa shape index (κ1) is 32.5. The van der Waals surface area contributed by atoms with Gasteiger partial charge in [0.05, 0.1) is 41.9 Å². The zero-order chi connectivity index (χ0) is 30.7. The number of methoxy groups -OCH3 is 1. The summed E-state index contributed by atoms with van der Waals surface area (Å²) in [6.07, 6.45) is -0.630. The molecule has 0 saturated carbocycles. The first-order chi connectivity index (χ1) is 19.6. The van der Waals surface area contributed by atoms with E-state index in [9.17, 15) is 26.7 Å². The van der Waals surface area contributed by atoms with Crippen molar-refractivity contribution in [2.75, 3.05) is 50.9 Å². The number of aromatic nitrogens is 4. The Labute approximate surface area is 243 Å². The third-order valence-corrected chi connectivity index (χ3v) is 9.43. The first-order valence-electron chi connectivity index (χ1n) is 14.0. The molecular weight excluding hydrogens is 582 g/mol. The van der Waals surface area contributed by atoms with Crippen LogP contribution in [0, 0.1) is 0 Å². The lowest BCUT2D eigenvalue weighted by Gasteiger charge is -2.35. The Morgan fingerprint density at radius 3 is 2.48 bits per heavy atom. The van der Waals surface area contributed by atoms with Crippen molar-refractivity contribution in [2.45, 2.75) is 76.2 Å². The van der Waals surface area contributed by atoms with Crippen LogP contribution in [0.25, 0.3) is 11.3 Å². The van der Waals surface area contributed by atoms with Crippen molar-refractivity contribution in [3.63, 3.8) is 0 Å². The largest absolute Gasteiger partial charge is 0.419 e. The lowest BCUT2D eigenvalue weighted by Crippen LogP contribution is -2.50. The normalized spacial score (nSPS) is 22.0. The second-order valence-electron chi connectivity index (χ2n) is 11.6. The van der Waals surface area contributed by atoms with Gasteiger partial charge in [-0.25, -0.2) is 22.8 Å². The van der Waals surface area contributed by atoms with Gasteiger partial charge in [-0.2, -0.15) is 22.6 Å². The van der Waals surface area contributed by atoms with Gasteiger partial charge in [-0.15, -0.1) is 0 Å². The van der Waals surface area contributed by atoms with Crippen LogP contribution in [-0.2, 0) is 27.5 Å². The molecule has 2 saturated heterocycles. The Kier molecular flexibility index (Phi) is 10.1. The molecule has 4 rings (SSSR count). The van der Waals surface area contributed by atoms with Gasteiger partial charge in [0.25, 0.3) is 0 Å². The van der Waals surface area contributed by atoms with Crippen LogP contribution >= 0.6 is 0 Å². The van der Waals surface area contributed by atoms with E-state index < -0.39 is 45.3 Å². The molecule has 4 heterocycles. The SMILES string of the molecule is COC1CCN(CCCS(=O)(=O)N2CC[C@H](Nc3ncc(C(F)(F)F)c(-c4cnn(CC(C)(C)O)c4)n3)[C@H](F)C2)CC1. The summed E-state index contributed by atoms with van der Waals surface area (Å²) in [6.45, 7) is 5.16. The summed E-state index contributed by atoms with van der Waals surface area (Å²) in [4.78, 5) is 10.0. The van der Waals surface area contributed by atoms with Gasteiger partial charge in [-0.1, -0.05) is 0 Å². The standard InChI is InChI=1S/C26H39F4N7O4S/c1-25(2,38)17-36-15-18(13-32-36)23-20(26(28,29)30)14-31-24(34-23)33-22-7-11-37(16-21(22)27)42(39,40)12-4-8-35-9-5-19(41-3)6-10-35/h13-15,19,21-22,38H,4-12,16-17H2,1-3H3,(H,31,33,34)/t21-,22+/m1/s1. The average molecular weight is 622 g/mol. The van der Waals surface area contributed by atoms with Crippen molar-refractivity contribution in [3.05, 3.63) is 24.2 Å². The van der Waals surface area contributed by atoms with Crippen molar-refractivity contribution in [1.29, 1.82) is 0 Å². The summed E-state index contributed by atoms with van der Waals surface area (Å²) in [5.74, 6) is -0.302. The predicted molar refractivity (Wildman–Crippen MR) is 148 cm³/mol. The molecule has 2 N–H and O–H groups in total. The molecule has 236 valence electrons. The van der Waals surface area contributed by atoms with Crippen LogP contribution in [0.1, 0.15) is 45.1 Å². The van der Waals surface area contributed by atoms with Gasteiger partial charge in [0.15, 0.2) is 0 Å². The highest BCUT2D eigenvalue weighted by Crippen LogP contribution is 2.36. The number of ether oxygens (including phenoxy) is 1. The molecule has 0 spiro atoms. The van der Waals surface area contributed by atoms with Crippen molar-refractivity contribution in [3.8, 4) is 11.3 Å². The quantitative estimate of drug-likeness (QED) is 0.365. The van der Waals surface area contributed by atoms with Crippen LogP contribution < -0.4 is 5.32 Å². The highest BCUT2D eigenvalue weighted by molar-refractivity contribution is 7.89. The second kappa shape index (κ2) is 13.1. The number of hydrogen-bond donors (Lipinski definition) is 2. The van der Waals surface area contributed by atoms with Crippen LogP contribution in [0.5, 0.6) is 0 Å². The summed E-state index contributed by atoms with van der Waals surface area (Å²) in [5, 5.41) is 16.8. The van der Waals surface area contributed by atoms with Crippen molar-refractivity contribution in [1.82, 2.24) is 29.0 Å². The van der Waals surface area contributed by atoms with Gasteiger partial charge >= 0.3 is 6.18 Å². The molecule has 2 atom stereocenters. The van der Waals surface area contributed by atoms with Crippen molar-refractivity contribution < 1.29 is 35.8 Å². The minimum absolute atomic E-state index is 0.0443. The molecule has 0 radical (unpaired) electrons. The van der Waals surface area contributed by atoms with Gasteiger partial charge in [0, 0.05) is 51.2 Å². The number of hydrogen-bond acceptors (Lipinski definition) is 9. The molecular formula is C26H39F4N7O4S. The molecule has 16 heteroatoms. The minimum atomic E-state index is -4.76. The zero-order valence-corrected chi connectivity index (χ0v) is 24.8. The number of alkyl halides is 4. The lowest BCUT2D eigenvalue weighted by atomic mass is 10.1. The molecule has 2 aromatic rings. The van der Waals surface area contributed by atoms with E-state index >= 15 is 4.39 Å². The van der Waals surface area contributed by atoms with Crippen molar-refractivity contribution >= 4 is 16.0 Å². The number of halogens is 4. The van der Waals surface area contributed by atoms with E-state index in [1.165, 1.54) is 17.1 Å². The molecule has 11 nitrogen and oxygen atoms in total. The lowest BCUT2D eigenvalue weighted by molar-refractivity contribution is -0.137. The zero-order valence-electron chi connectivity index (χ0n) is 24.0. The van der Waals surface area contributed by atoms with E-state index in [2.05, 4.69) is 25.3 Å². The molecule has 2 aliphatic rings. The molecule has 0 bridgehead atoms. The fraction of sp³-hybridized carbons (Fsp3) is 0.731. The number of piperidine rings is 2. The monoisotopic (exact) mass is 621 g/mol. The Morgan fingerprint density at radius 1 is 1.14 bits per heavy atom. The summed E-state index contributed by atoms with van der Waals surface area (Å²) in [5.41, 5.74) is -2.62. The number of nitrogens with one attached hydrogen (secondary N) is 1. The fourth-order valence-corrected chi connectivity index (χ4v) is 6.78. The highest BCUT2D eigenvalue weighted by atomic mass is 32.2. The summed E-state index contributed by atoms with van der Waals surface area (Å²) < 4.78 is 90.0. The number of likely N-dealkylation sites (tertiary alicyclic amines) is 1. The van der Waals surface area contributed by atoms with E-state index in [-0.39, 0.29) is 49.4 Å². The van der Waals surface area contributed by atoms with Crippen LogP contribution in [0.4, 0.5) is 23.5 Å². The molecule has 0 aromatic carbocycles. The smallest absolute Gasteiger partial charge is 0.389 e. The van der Waals surface area contributed by atoms with E-state index in [1.54, 1.807) is 21.0 Å². The number of sulfonamides is 1. The van der Waals surface area contributed by atoms with Gasteiger partial charge in [0.2, 0.25) is 16.0 Å². The van der Waals surface area contributed by atoms with Crippen LogP contribution in [0.2, 0.25) is 0 Å². The molecule has 42 heavy (non-hydrogen) atoms. The van der Waals surface area contributed by atoms with E-state index in [0.29, 0.717) is 19.2 Å². The van der Waals surface area contributed by atoms with E-state index in [1.807, 2.05) is 0 Å². The number of anilines is 1. The van der Waals surface area contributed by atoms with Crippen LogP contribution in [0.15, 0.2) is 18.6 Å². The Hall–Kier alpha value is -2.40. The Morgan fingerprint density at radius 2 is 1.86 bits per heavy atom. The topological polar surface area (TPSA) is 126 Å². The average Bonchev–Trinajstić information content (AvgIpc) is 3.36. The Bertz CT molecular complexity index is 1290. The molecule has 0 amide bonds. The van der Waals surface area contributed by atoms with E-state index in [0.717, 1.165) is 30.2 Å². The van der Waals surface area contributed by atoms with Crippen LogP contribution in [0.3, 0.4) is 0 Å². The first-order valence-corrected chi connectivity index (χ1v) is 15.6. The number of nitrogens with zero attached hydrogens (tertiary/aromatic N) is 6. The molecule has 2 fully saturated rings. The maximum Gasteiger partial charge on any atom is 0.419 e. The summed E-state index contributed by atoms with van der Waals surface area (Å²) >= 11 is 0. The predicted octanol–water partition coefficient (Wildman–Crippen LogP) is 2.78. The van der Waals surface area contributed by atoms with Gasteiger partial charge in [0.1, 0.15) is 11.7 Å². The fourth-order valence-electron chi connectivity index (χ4n) is 5.27. The number of rotatable bonds is 11. The third-order valence-electron chi connectivity index (χ3n) is 7.51. The van der Waals surface area contributed by atoms with Gasteiger partial charge in [-0.05, 0) is 46.1 Å². The third kappa shape index (κ3) is 8.58. The maximum absolute atomic E-state index is 15.2. The summed E-state index contributed by atoms with van der Waals surface area (Å²) in [6, 6.07) is -0.888. The van der Waals surface area contributed by atoms with Crippen molar-refractivity contribution in [2.24, 2.45) is 0 Å². The molecule has 2 aromatic heterocycles. The van der Waals surface area contributed by atoms with Gasteiger partial charge < -0.3 is 20.1 Å². The molecule has 2 aliphatic heterocycles. The minimum Gasteiger partial charge on any atom is -0.389 e. The van der Waals surface area contributed by atoms with E-state index in [4.69, 9.17) is 4.74 Å². The highest BCUT2D eigenvalue weighted by Gasteiger charge is 2.38. The maximum atomic E-state index is 15.2. The Balaban J connectivity index is 1.37. The second-order valence-corrected chi connectivity index (χ2v) is 13.6. The molecule has 0 unspecified atom stereocenters. The van der Waals surface area contributed by atoms with Crippen LogP contribution in [-0.4, -0.2) is 112 Å². The van der Waals surface area contributed by atoms with Gasteiger partial charge in [-0.3, -0.25) is 4.68 Å².